The molecule has 1 fully saturated rings. The van der Waals surface area contributed by atoms with Crippen LogP contribution in [0.15, 0.2) is 53.1 Å². The van der Waals surface area contributed by atoms with Gasteiger partial charge in [-0.2, -0.15) is 0 Å². The molecule has 0 aliphatic carbocycles. The molecule has 1 aromatic heterocycles. The first-order valence-electron chi connectivity index (χ1n) is 11.0. The lowest BCUT2D eigenvalue weighted by atomic mass is 9.92. The molecule has 1 saturated heterocycles. The largest absolute Gasteiger partial charge is 0.573 e. The number of hydrogen-bond donors (Lipinski definition) is 1. The Bertz CT molecular complexity index is 1280. The summed E-state index contributed by atoms with van der Waals surface area (Å²) in [5, 5.41) is 3.67. The van der Waals surface area contributed by atoms with E-state index in [0.717, 1.165) is 27.0 Å². The number of carbonyl (C=O) groups excluding carboxylic acids is 2. The number of aromatic nitrogens is 1. The van der Waals surface area contributed by atoms with E-state index in [-0.39, 0.29) is 23.4 Å². The predicted molar refractivity (Wildman–Crippen MR) is 128 cm³/mol. The van der Waals surface area contributed by atoms with Crippen LogP contribution in [0.25, 0.3) is 10.9 Å². The van der Waals surface area contributed by atoms with Gasteiger partial charge in [-0.05, 0) is 71.1 Å². The zero-order valence-electron chi connectivity index (χ0n) is 19.0. The molecule has 184 valence electrons. The number of fused-ring (bicyclic) bond motifs is 1. The van der Waals surface area contributed by atoms with E-state index in [1.54, 1.807) is 11.1 Å². The maximum atomic E-state index is 13.2. The van der Waals surface area contributed by atoms with Crippen molar-refractivity contribution in [3.8, 4) is 5.75 Å². The number of carbonyl (C=O) groups is 2. The summed E-state index contributed by atoms with van der Waals surface area (Å²) in [6.07, 6.45) is -2.71. The first-order valence-corrected chi connectivity index (χ1v) is 11.8. The van der Waals surface area contributed by atoms with Crippen molar-refractivity contribution < 1.29 is 27.5 Å². The predicted octanol–water partition coefficient (Wildman–Crippen LogP) is 5.48. The van der Waals surface area contributed by atoms with Crippen molar-refractivity contribution in [3.63, 3.8) is 0 Å². The van der Waals surface area contributed by atoms with Gasteiger partial charge in [-0.25, -0.2) is 0 Å². The first kappa shape index (κ1) is 25.0. The van der Waals surface area contributed by atoms with E-state index in [9.17, 15) is 22.8 Å². The van der Waals surface area contributed by atoms with Crippen molar-refractivity contribution in [1.29, 1.82) is 0 Å². The average Bonchev–Trinajstić information content (AvgIpc) is 2.78. The van der Waals surface area contributed by atoms with Gasteiger partial charge < -0.3 is 15.0 Å². The third-order valence-electron chi connectivity index (χ3n) is 6.05. The van der Waals surface area contributed by atoms with Gasteiger partial charge in [0.25, 0.3) is 11.8 Å². The summed E-state index contributed by atoms with van der Waals surface area (Å²) in [5.41, 5.74) is 2.09. The molecule has 0 saturated carbocycles. The number of para-hydroxylation sites is 1. The number of alkyl halides is 3. The van der Waals surface area contributed by atoms with Gasteiger partial charge in [0.2, 0.25) is 0 Å². The molecule has 0 radical (unpaired) electrons. The molecule has 6 nitrogen and oxygen atoms in total. The second-order valence-corrected chi connectivity index (χ2v) is 9.58. The van der Waals surface area contributed by atoms with E-state index in [4.69, 9.17) is 0 Å². The van der Waals surface area contributed by atoms with Crippen LogP contribution in [0.5, 0.6) is 5.75 Å². The molecule has 0 unspecified atom stereocenters. The minimum absolute atomic E-state index is 0.107. The summed E-state index contributed by atoms with van der Waals surface area (Å²) in [7, 11) is 0. The molecule has 35 heavy (non-hydrogen) atoms. The Morgan fingerprint density at radius 2 is 1.94 bits per heavy atom. The van der Waals surface area contributed by atoms with E-state index < -0.39 is 18.0 Å². The molecule has 10 heteroatoms. The molecule has 0 bridgehead atoms. The molecule has 3 aromatic rings. The number of hydrogen-bond acceptors (Lipinski definition) is 4. The Hall–Kier alpha value is -3.14. The molecule has 2 amide bonds. The zero-order valence-corrected chi connectivity index (χ0v) is 20.6. The van der Waals surface area contributed by atoms with E-state index in [1.807, 2.05) is 32.0 Å². The highest BCUT2D eigenvalue weighted by Crippen LogP contribution is 2.28. The first-order chi connectivity index (χ1) is 16.5. The van der Waals surface area contributed by atoms with E-state index >= 15 is 0 Å². The van der Waals surface area contributed by atoms with Crippen LogP contribution in [-0.4, -0.2) is 47.2 Å². The molecule has 0 spiro atoms. The average molecular weight is 550 g/mol. The fourth-order valence-electron chi connectivity index (χ4n) is 4.37. The number of piperidine rings is 1. The quantitative estimate of drug-likeness (QED) is 0.467. The Kier molecular flexibility index (Phi) is 7.02. The lowest BCUT2D eigenvalue weighted by Crippen LogP contribution is -2.51. The molecule has 2 heterocycles. The van der Waals surface area contributed by atoms with Crippen molar-refractivity contribution >= 4 is 38.6 Å². The van der Waals surface area contributed by atoms with Gasteiger partial charge in [-0.1, -0.05) is 19.1 Å². The lowest BCUT2D eigenvalue weighted by molar-refractivity contribution is -0.274. The second-order valence-electron chi connectivity index (χ2n) is 8.66. The van der Waals surface area contributed by atoms with E-state index in [0.29, 0.717) is 25.1 Å². The molecular formula is C25H23BrF3N3O3. The van der Waals surface area contributed by atoms with Crippen LogP contribution >= 0.6 is 15.9 Å². The van der Waals surface area contributed by atoms with Crippen molar-refractivity contribution in [2.45, 2.75) is 32.7 Å². The second kappa shape index (κ2) is 9.85. The summed E-state index contributed by atoms with van der Waals surface area (Å²) >= 11 is 3.41. The summed E-state index contributed by atoms with van der Waals surface area (Å²) in [6, 6.07) is 10.5. The molecule has 1 aliphatic rings. The van der Waals surface area contributed by atoms with Crippen LogP contribution in [-0.2, 0) is 0 Å². The van der Waals surface area contributed by atoms with Gasteiger partial charge in [0.05, 0.1) is 11.1 Å². The van der Waals surface area contributed by atoms with Gasteiger partial charge in [0.1, 0.15) is 5.75 Å². The molecule has 2 aromatic carbocycles. The van der Waals surface area contributed by atoms with E-state index in [1.165, 1.54) is 18.2 Å². The van der Waals surface area contributed by atoms with Crippen LogP contribution in [0.2, 0.25) is 0 Å². The number of pyridine rings is 1. The number of halogens is 4. The van der Waals surface area contributed by atoms with Gasteiger partial charge in [0, 0.05) is 40.8 Å². The minimum atomic E-state index is -4.90. The van der Waals surface area contributed by atoms with Crippen LogP contribution in [0.1, 0.15) is 39.6 Å². The van der Waals surface area contributed by atoms with Crippen LogP contribution in [0, 0.1) is 12.8 Å². The Labute approximate surface area is 208 Å². The maximum Gasteiger partial charge on any atom is 0.573 e. The van der Waals surface area contributed by atoms with Crippen LogP contribution in [0.3, 0.4) is 0 Å². The zero-order chi connectivity index (χ0) is 25.3. The highest BCUT2D eigenvalue weighted by Gasteiger charge is 2.34. The van der Waals surface area contributed by atoms with Gasteiger partial charge in [0.15, 0.2) is 0 Å². The van der Waals surface area contributed by atoms with Gasteiger partial charge >= 0.3 is 6.36 Å². The standard InChI is InChI=1S/C25H23BrF3N3O3/c1-14-9-17(10-16-11-18(26)12-30-22(14)16)24(34)32-8-7-20(15(2)13-32)31-23(33)19-5-3-4-6-21(19)35-25(27,28)29/h3-6,9-12,15,20H,7-8,13H2,1-2H3,(H,31,33)/t15-,20+/m0/s1. The molecule has 1 N–H and O–H groups in total. The number of aryl methyl sites for hydroxylation is 1. The number of benzene rings is 2. The topological polar surface area (TPSA) is 71.5 Å². The number of nitrogens with zero attached hydrogens (tertiary/aromatic N) is 2. The fourth-order valence-corrected chi connectivity index (χ4v) is 4.72. The number of rotatable bonds is 4. The van der Waals surface area contributed by atoms with Crippen molar-refractivity contribution in [1.82, 2.24) is 15.2 Å². The molecule has 4 rings (SSSR count). The normalized spacial score (nSPS) is 18.4. The smallest absolute Gasteiger partial charge is 0.405 e. The third-order valence-corrected chi connectivity index (χ3v) is 6.49. The highest BCUT2D eigenvalue weighted by atomic mass is 79.9. The summed E-state index contributed by atoms with van der Waals surface area (Å²) in [5.74, 6) is -1.42. The van der Waals surface area contributed by atoms with Crippen LogP contribution in [0.4, 0.5) is 13.2 Å². The Balaban J connectivity index is 1.44. The van der Waals surface area contributed by atoms with Gasteiger partial charge in [-0.3, -0.25) is 14.6 Å². The van der Waals surface area contributed by atoms with Crippen molar-refractivity contribution in [2.75, 3.05) is 13.1 Å². The monoisotopic (exact) mass is 549 g/mol. The fraction of sp³-hybridized carbons (Fsp3) is 0.320. The van der Waals surface area contributed by atoms with Gasteiger partial charge in [-0.15, -0.1) is 13.2 Å². The lowest BCUT2D eigenvalue weighted by Gasteiger charge is -2.37. The maximum absolute atomic E-state index is 13.2. The minimum Gasteiger partial charge on any atom is -0.405 e. The summed E-state index contributed by atoms with van der Waals surface area (Å²) in [4.78, 5) is 32.1. The van der Waals surface area contributed by atoms with E-state index in [2.05, 4.69) is 31.0 Å². The van der Waals surface area contributed by atoms with Crippen LogP contribution < -0.4 is 10.1 Å². The number of likely N-dealkylation sites (tertiary alicyclic amines) is 1. The number of ether oxygens (including phenoxy) is 1. The third kappa shape index (κ3) is 5.75. The highest BCUT2D eigenvalue weighted by molar-refractivity contribution is 9.10. The van der Waals surface area contributed by atoms with Crippen molar-refractivity contribution in [2.24, 2.45) is 5.92 Å². The van der Waals surface area contributed by atoms with Crippen molar-refractivity contribution in [3.05, 3.63) is 69.8 Å². The number of amides is 2. The molecule has 2 atom stereocenters. The Morgan fingerprint density at radius 3 is 2.66 bits per heavy atom. The summed E-state index contributed by atoms with van der Waals surface area (Å²) < 4.78 is 42.9. The molecular weight excluding hydrogens is 527 g/mol. The summed E-state index contributed by atoms with van der Waals surface area (Å²) in [6.45, 7) is 4.61. The number of nitrogens with one attached hydrogen (secondary N) is 1. The molecule has 1 aliphatic heterocycles. The SMILES string of the molecule is Cc1cc(C(=O)N2CC[C@@H](NC(=O)c3ccccc3OC(F)(F)F)[C@@H](C)C2)cc2cc(Br)cnc12. The Morgan fingerprint density at radius 1 is 1.20 bits per heavy atom.